The Labute approximate surface area is 126 Å². The summed E-state index contributed by atoms with van der Waals surface area (Å²) in [6.45, 7) is 7.19. The SMILES string of the molecule is CC1(C)O[B-]2([OH+]C(C)(C)c3ccccc32)c2ccccc21. The van der Waals surface area contributed by atoms with Crippen LogP contribution in [0.4, 0.5) is 0 Å². The summed E-state index contributed by atoms with van der Waals surface area (Å²) in [4.78, 5) is 0. The molecule has 3 heteroatoms. The van der Waals surface area contributed by atoms with Crippen LogP contribution in [-0.2, 0) is 15.9 Å². The summed E-state index contributed by atoms with van der Waals surface area (Å²) in [5.41, 5.74) is 4.55. The van der Waals surface area contributed by atoms with Crippen molar-refractivity contribution in [3.8, 4) is 0 Å². The van der Waals surface area contributed by atoms with E-state index in [4.69, 9.17) is 9.31 Å². The van der Waals surface area contributed by atoms with Gasteiger partial charge in [-0.2, -0.15) is 0 Å². The van der Waals surface area contributed by atoms with Crippen molar-refractivity contribution in [3.63, 3.8) is 0 Å². The zero-order valence-corrected chi connectivity index (χ0v) is 13.1. The number of fused-ring (bicyclic) bond motifs is 4. The predicted molar refractivity (Wildman–Crippen MR) is 87.3 cm³/mol. The van der Waals surface area contributed by atoms with E-state index in [2.05, 4.69) is 76.2 Å². The summed E-state index contributed by atoms with van der Waals surface area (Å²) in [5, 5.41) is 0. The number of benzene rings is 2. The molecule has 1 atom stereocenters. The zero-order valence-electron chi connectivity index (χ0n) is 13.1. The Kier molecular flexibility index (Phi) is 2.37. The highest BCUT2D eigenvalue weighted by Gasteiger charge is 2.60. The van der Waals surface area contributed by atoms with Crippen molar-refractivity contribution in [1.29, 1.82) is 0 Å². The van der Waals surface area contributed by atoms with E-state index in [1.807, 2.05) is 0 Å². The first kappa shape index (κ1) is 13.1. The zero-order chi connectivity index (χ0) is 14.9. The third kappa shape index (κ3) is 1.56. The van der Waals surface area contributed by atoms with Gasteiger partial charge in [-0.25, -0.2) is 0 Å². The number of aliphatic hydroxyl groups is 1. The number of hydrogen-bond donors (Lipinski definition) is 0. The lowest BCUT2D eigenvalue weighted by Gasteiger charge is -2.35. The molecule has 108 valence electrons. The molecule has 1 spiro atoms. The second-order valence-electron chi connectivity index (χ2n) is 7.23. The Hall–Kier alpha value is -1.58. The Morgan fingerprint density at radius 2 is 1.33 bits per heavy atom. The molecule has 21 heavy (non-hydrogen) atoms. The van der Waals surface area contributed by atoms with Gasteiger partial charge in [-0.05, 0) is 19.4 Å². The summed E-state index contributed by atoms with van der Waals surface area (Å²) in [5.74, 6) is 0. The van der Waals surface area contributed by atoms with Crippen LogP contribution in [-0.4, -0.2) is 11.2 Å². The molecule has 2 heterocycles. The average molecular weight is 280 g/mol. The topological polar surface area (TPSA) is 22.0 Å². The maximum Gasteiger partial charge on any atom is 0.484 e. The summed E-state index contributed by atoms with van der Waals surface area (Å²) in [7, 11) is 0. The number of hydrogen-bond acceptors (Lipinski definition) is 1. The van der Waals surface area contributed by atoms with Crippen LogP contribution in [0.15, 0.2) is 48.5 Å². The van der Waals surface area contributed by atoms with Gasteiger partial charge in [0.25, 0.3) is 0 Å². The highest BCUT2D eigenvalue weighted by molar-refractivity contribution is 6.94. The summed E-state index contributed by atoms with van der Waals surface area (Å²) in [6, 6.07) is 17.1. The second-order valence-corrected chi connectivity index (χ2v) is 7.23. The molecule has 1 N–H and O–H groups in total. The maximum absolute atomic E-state index is 6.63. The Bertz CT molecular complexity index is 670. The largest absolute Gasteiger partial charge is 0.643 e. The third-order valence-electron chi connectivity index (χ3n) is 5.04. The summed E-state index contributed by atoms with van der Waals surface area (Å²) in [6.07, 6.45) is 0. The second kappa shape index (κ2) is 3.79. The molecule has 2 aromatic carbocycles. The molecular weight excluding hydrogens is 259 g/mol. The predicted octanol–water partition coefficient (Wildman–Crippen LogP) is 2.29. The molecule has 2 nitrogen and oxygen atoms in total. The summed E-state index contributed by atoms with van der Waals surface area (Å²) >= 11 is 0. The van der Waals surface area contributed by atoms with Crippen LogP contribution in [0.25, 0.3) is 0 Å². The van der Waals surface area contributed by atoms with E-state index >= 15 is 0 Å². The Balaban J connectivity index is 2.04. The first-order valence-corrected chi connectivity index (χ1v) is 7.65. The highest BCUT2D eigenvalue weighted by atomic mass is 16.6. The lowest BCUT2D eigenvalue weighted by atomic mass is 9.47. The van der Waals surface area contributed by atoms with Crippen molar-refractivity contribution >= 4 is 17.5 Å². The molecule has 0 bridgehead atoms. The van der Waals surface area contributed by atoms with Crippen LogP contribution in [0, 0.1) is 0 Å². The smallest absolute Gasteiger partial charge is 0.484 e. The lowest BCUT2D eigenvalue weighted by Crippen LogP contribution is -2.61. The monoisotopic (exact) mass is 280 g/mol. The van der Waals surface area contributed by atoms with Gasteiger partial charge in [0.05, 0.1) is 0 Å². The molecule has 4 rings (SSSR count). The summed E-state index contributed by atoms with van der Waals surface area (Å²) < 4.78 is 11.8. The number of rotatable bonds is 0. The fourth-order valence-electron chi connectivity index (χ4n) is 4.26. The molecule has 0 aromatic heterocycles. The van der Waals surface area contributed by atoms with Crippen LogP contribution >= 0.6 is 0 Å². The molecule has 0 radical (unpaired) electrons. The van der Waals surface area contributed by atoms with Crippen LogP contribution in [0.2, 0.25) is 0 Å². The van der Waals surface area contributed by atoms with E-state index in [1.54, 1.807) is 0 Å². The minimum absolute atomic E-state index is 0.204. The maximum atomic E-state index is 6.63. The van der Waals surface area contributed by atoms with E-state index in [1.165, 1.54) is 22.1 Å². The molecule has 0 saturated heterocycles. The van der Waals surface area contributed by atoms with Gasteiger partial charge in [0.15, 0.2) is 0 Å². The van der Waals surface area contributed by atoms with Crippen LogP contribution in [0.3, 0.4) is 0 Å². The fraction of sp³-hybridized carbons (Fsp3) is 0.333. The molecule has 0 fully saturated rings. The molecule has 0 aliphatic carbocycles. The van der Waals surface area contributed by atoms with Gasteiger partial charge in [-0.1, -0.05) is 59.5 Å². The van der Waals surface area contributed by atoms with Gasteiger partial charge in [0, 0.05) is 25.0 Å². The van der Waals surface area contributed by atoms with Crippen molar-refractivity contribution in [2.45, 2.75) is 38.9 Å². The average Bonchev–Trinajstić information content (AvgIpc) is 2.81. The molecule has 2 aromatic rings. The first-order chi connectivity index (χ1) is 9.87. The Morgan fingerprint density at radius 3 is 2.00 bits per heavy atom. The minimum Gasteiger partial charge on any atom is -0.643 e. The van der Waals surface area contributed by atoms with Gasteiger partial charge in [0.2, 0.25) is 0 Å². The van der Waals surface area contributed by atoms with Gasteiger partial charge < -0.3 is 9.31 Å². The molecule has 2 aliphatic heterocycles. The van der Waals surface area contributed by atoms with E-state index < -0.39 is 6.55 Å². The van der Waals surface area contributed by atoms with E-state index in [9.17, 15) is 0 Å². The van der Waals surface area contributed by atoms with Gasteiger partial charge >= 0.3 is 6.55 Å². The first-order valence-electron chi connectivity index (χ1n) is 7.65. The molecular formula is C18H21BO2. The molecule has 2 aliphatic rings. The van der Waals surface area contributed by atoms with E-state index in [0.29, 0.717) is 0 Å². The van der Waals surface area contributed by atoms with Crippen molar-refractivity contribution in [2.75, 3.05) is 0 Å². The van der Waals surface area contributed by atoms with Gasteiger partial charge in [-0.15, -0.1) is 0 Å². The van der Waals surface area contributed by atoms with E-state index in [-0.39, 0.29) is 11.2 Å². The fourth-order valence-corrected chi connectivity index (χ4v) is 4.26. The van der Waals surface area contributed by atoms with Gasteiger partial charge in [-0.3, -0.25) is 0 Å². The Morgan fingerprint density at radius 1 is 0.810 bits per heavy atom. The molecule has 0 saturated carbocycles. The molecule has 1 unspecified atom stereocenters. The van der Waals surface area contributed by atoms with Crippen LogP contribution in [0.5, 0.6) is 0 Å². The van der Waals surface area contributed by atoms with Crippen molar-refractivity contribution in [1.82, 2.24) is 0 Å². The van der Waals surface area contributed by atoms with Gasteiger partial charge in [0.1, 0.15) is 5.60 Å². The highest BCUT2D eigenvalue weighted by Crippen LogP contribution is 2.42. The van der Waals surface area contributed by atoms with Crippen molar-refractivity contribution in [3.05, 3.63) is 59.7 Å². The minimum atomic E-state index is -1.46. The van der Waals surface area contributed by atoms with Crippen molar-refractivity contribution < 1.29 is 9.31 Å². The lowest BCUT2D eigenvalue weighted by molar-refractivity contribution is -0.0743. The molecule has 0 amide bonds. The normalized spacial score (nSPS) is 27.6. The van der Waals surface area contributed by atoms with Crippen LogP contribution in [0.1, 0.15) is 38.8 Å². The standard InChI is InChI=1S/C18H21BO2/c1-17(2)13-9-5-7-11-15(13)19(20-17)16-12-8-6-10-14(16)18(3,4)21-19/h5-12,20H,1-4H3. The van der Waals surface area contributed by atoms with Crippen molar-refractivity contribution in [2.24, 2.45) is 0 Å². The quantitative estimate of drug-likeness (QED) is 0.536. The van der Waals surface area contributed by atoms with Crippen LogP contribution < -0.4 is 10.9 Å². The third-order valence-corrected chi connectivity index (χ3v) is 5.04. The van der Waals surface area contributed by atoms with E-state index in [0.717, 1.165) is 0 Å².